The number of carbonyl (C=O) groups is 3. The Kier molecular flexibility index (Phi) is 2.32. The van der Waals surface area contributed by atoms with Gasteiger partial charge in [0.1, 0.15) is 6.61 Å². The molecule has 0 aromatic carbocycles. The second-order valence-corrected chi connectivity index (χ2v) is 2.11. The number of imide groups is 1. The van der Waals surface area contributed by atoms with E-state index < -0.39 is 24.2 Å². The Labute approximate surface area is 67.3 Å². The molecule has 0 saturated carbocycles. The number of nitrogens with two attached hydrogens (primary N) is 1. The summed E-state index contributed by atoms with van der Waals surface area (Å²) < 4.78 is 0. The van der Waals surface area contributed by atoms with Crippen LogP contribution in [0.5, 0.6) is 0 Å². The quantitative estimate of drug-likeness (QED) is 0.291. The molecule has 0 aromatic rings. The molecule has 2 amide bonds. The molecule has 0 spiro atoms. The third-order valence-corrected chi connectivity index (χ3v) is 1.27. The van der Waals surface area contributed by atoms with Crippen molar-refractivity contribution in [3.63, 3.8) is 0 Å². The van der Waals surface area contributed by atoms with Crippen LogP contribution in [0.2, 0.25) is 0 Å². The predicted molar refractivity (Wildman–Crippen MR) is 36.4 cm³/mol. The molecular formula is C6H6N2O4. The van der Waals surface area contributed by atoms with E-state index in [1.807, 2.05) is 5.32 Å². The summed E-state index contributed by atoms with van der Waals surface area (Å²) in [5.41, 5.74) is -0.217. The third-order valence-electron chi connectivity index (χ3n) is 1.27. The Morgan fingerprint density at radius 3 is 2.67 bits per heavy atom. The van der Waals surface area contributed by atoms with E-state index in [4.69, 9.17) is 0 Å². The van der Waals surface area contributed by atoms with Crippen LogP contribution < -0.4 is 11.2 Å². The summed E-state index contributed by atoms with van der Waals surface area (Å²) >= 11 is 0. The number of carbonyl (C=O) groups excluding carboxylic acids is 3. The van der Waals surface area contributed by atoms with Crippen molar-refractivity contribution in [3.8, 4) is 0 Å². The van der Waals surface area contributed by atoms with Crippen LogP contribution in [0.1, 0.15) is 0 Å². The smallest absolute Gasteiger partial charge is 0.262 e. The molecule has 64 valence electrons. The summed E-state index contributed by atoms with van der Waals surface area (Å²) in [6, 6.07) is 0. The highest BCUT2D eigenvalue weighted by Gasteiger charge is 2.26. The van der Waals surface area contributed by atoms with Gasteiger partial charge in [-0.15, -0.1) is 0 Å². The molecule has 3 N–H and O–H groups in total. The van der Waals surface area contributed by atoms with Gasteiger partial charge in [-0.1, -0.05) is 0 Å². The highest BCUT2D eigenvalue weighted by molar-refractivity contribution is 6.30. The molecule has 1 heterocycles. The fraction of sp³-hybridized carbons (Fsp3) is 0.167. The zero-order valence-corrected chi connectivity index (χ0v) is 5.99. The second kappa shape index (κ2) is 3.24. The molecule has 0 atom stereocenters. The van der Waals surface area contributed by atoms with E-state index in [9.17, 15) is 14.4 Å². The molecule has 12 heavy (non-hydrogen) atoms. The van der Waals surface area contributed by atoms with Gasteiger partial charge in [-0.05, 0) is 0 Å². The van der Waals surface area contributed by atoms with Crippen LogP contribution in [0.4, 0.5) is 0 Å². The van der Waals surface area contributed by atoms with Crippen LogP contribution >= 0.6 is 0 Å². The molecule has 1 aliphatic heterocycles. The Morgan fingerprint density at radius 1 is 1.58 bits per heavy atom. The molecule has 6 nitrogen and oxygen atoms in total. The Hall–Kier alpha value is -1.53. The number of amides is 2. The monoisotopic (exact) mass is 170 g/mol. The van der Waals surface area contributed by atoms with Crippen molar-refractivity contribution in [2.75, 3.05) is 6.61 Å². The van der Waals surface area contributed by atoms with Gasteiger partial charge < -0.3 is 0 Å². The molecule has 0 aliphatic carbocycles. The van der Waals surface area contributed by atoms with Gasteiger partial charge in [-0.25, -0.2) is 5.90 Å². The minimum absolute atomic E-state index is 0.217. The molecule has 0 bridgehead atoms. The van der Waals surface area contributed by atoms with Crippen LogP contribution in [-0.4, -0.2) is 24.2 Å². The average Bonchev–Trinajstić information content (AvgIpc) is 2.30. The van der Waals surface area contributed by atoms with Gasteiger partial charge in [0.25, 0.3) is 11.8 Å². The lowest BCUT2D eigenvalue weighted by molar-refractivity contribution is -0.126. The van der Waals surface area contributed by atoms with Gasteiger partial charge in [0.05, 0.1) is 5.57 Å². The van der Waals surface area contributed by atoms with Crippen molar-refractivity contribution in [1.82, 2.24) is 5.32 Å². The SMILES string of the molecule is NOCC(=O)C1=CC(=O)NC1=O. The first-order valence-corrected chi connectivity index (χ1v) is 3.07. The van der Waals surface area contributed by atoms with Crippen molar-refractivity contribution in [2.45, 2.75) is 0 Å². The summed E-state index contributed by atoms with van der Waals surface area (Å²) in [5.74, 6) is 2.70. The fourth-order valence-electron chi connectivity index (χ4n) is 0.773. The third kappa shape index (κ3) is 1.55. The zero-order chi connectivity index (χ0) is 9.14. The topological polar surface area (TPSA) is 98.5 Å². The highest BCUT2D eigenvalue weighted by Crippen LogP contribution is 2.03. The largest absolute Gasteiger partial charge is 0.296 e. The van der Waals surface area contributed by atoms with Crippen LogP contribution in [0.15, 0.2) is 11.6 Å². The van der Waals surface area contributed by atoms with Crippen molar-refractivity contribution in [2.24, 2.45) is 5.90 Å². The van der Waals surface area contributed by atoms with Crippen molar-refractivity contribution >= 4 is 17.6 Å². The number of Topliss-reactive ketones (excluding diaryl/α,β-unsaturated/α-hetero) is 1. The molecule has 0 fully saturated rings. The maximum atomic E-state index is 10.9. The lowest BCUT2D eigenvalue weighted by Crippen LogP contribution is -2.26. The Morgan fingerprint density at radius 2 is 2.25 bits per heavy atom. The standard InChI is InChI=1S/C6H6N2O4/c7-12-2-4(9)3-1-5(10)8-6(3)11/h1H,2,7H2,(H,8,10,11). The van der Waals surface area contributed by atoms with E-state index in [0.717, 1.165) is 6.08 Å². The predicted octanol–water partition coefficient (Wildman–Crippen LogP) is -1.97. The Bertz CT molecular complexity index is 281. The van der Waals surface area contributed by atoms with Crippen LogP contribution in [0.3, 0.4) is 0 Å². The number of nitrogens with one attached hydrogen (secondary N) is 1. The van der Waals surface area contributed by atoms with Crippen LogP contribution in [0.25, 0.3) is 0 Å². The van der Waals surface area contributed by atoms with Crippen LogP contribution in [0, 0.1) is 0 Å². The summed E-state index contributed by atoms with van der Waals surface area (Å²) in [4.78, 5) is 36.3. The van der Waals surface area contributed by atoms with Gasteiger partial charge in [-0.2, -0.15) is 0 Å². The van der Waals surface area contributed by atoms with Crippen molar-refractivity contribution in [1.29, 1.82) is 0 Å². The number of hydrogen-bond donors (Lipinski definition) is 2. The lowest BCUT2D eigenvalue weighted by Gasteiger charge is -1.95. The first-order valence-electron chi connectivity index (χ1n) is 3.07. The first kappa shape index (κ1) is 8.57. The van der Waals surface area contributed by atoms with E-state index in [1.54, 1.807) is 0 Å². The lowest BCUT2D eigenvalue weighted by atomic mass is 10.2. The van der Waals surface area contributed by atoms with E-state index >= 15 is 0 Å². The number of ketones is 1. The molecule has 6 heteroatoms. The number of hydrogen-bond acceptors (Lipinski definition) is 5. The molecule has 0 aromatic heterocycles. The van der Waals surface area contributed by atoms with E-state index in [-0.39, 0.29) is 5.57 Å². The van der Waals surface area contributed by atoms with Crippen molar-refractivity contribution < 1.29 is 19.2 Å². The summed E-state index contributed by atoms with van der Waals surface area (Å²) in [6.45, 7) is -0.410. The minimum Gasteiger partial charge on any atom is -0.296 e. The Balaban J connectivity index is 2.75. The van der Waals surface area contributed by atoms with E-state index in [2.05, 4.69) is 10.7 Å². The molecule has 1 aliphatic rings. The number of rotatable bonds is 3. The molecular weight excluding hydrogens is 164 g/mol. The van der Waals surface area contributed by atoms with E-state index in [0.29, 0.717) is 0 Å². The molecule has 1 rings (SSSR count). The summed E-state index contributed by atoms with van der Waals surface area (Å²) in [7, 11) is 0. The summed E-state index contributed by atoms with van der Waals surface area (Å²) in [6.07, 6.45) is 0.920. The normalized spacial score (nSPS) is 15.9. The summed E-state index contributed by atoms with van der Waals surface area (Å²) in [5, 5.41) is 1.92. The molecule has 0 radical (unpaired) electrons. The van der Waals surface area contributed by atoms with Crippen molar-refractivity contribution in [3.05, 3.63) is 11.6 Å². The first-order chi connectivity index (χ1) is 5.65. The average molecular weight is 170 g/mol. The van der Waals surface area contributed by atoms with Gasteiger partial charge in [0, 0.05) is 6.08 Å². The van der Waals surface area contributed by atoms with Gasteiger partial charge >= 0.3 is 0 Å². The van der Waals surface area contributed by atoms with E-state index in [1.165, 1.54) is 0 Å². The molecule has 0 saturated heterocycles. The zero-order valence-electron chi connectivity index (χ0n) is 5.99. The highest BCUT2D eigenvalue weighted by atomic mass is 16.6. The maximum Gasteiger partial charge on any atom is 0.262 e. The fourth-order valence-corrected chi connectivity index (χ4v) is 0.773. The molecule has 0 unspecified atom stereocenters. The van der Waals surface area contributed by atoms with Gasteiger partial charge in [-0.3, -0.25) is 24.5 Å². The van der Waals surface area contributed by atoms with Gasteiger partial charge in [0.15, 0.2) is 5.78 Å². The minimum atomic E-state index is -0.706. The van der Waals surface area contributed by atoms with Crippen LogP contribution in [-0.2, 0) is 19.2 Å². The van der Waals surface area contributed by atoms with Gasteiger partial charge in [0.2, 0.25) is 0 Å². The maximum absolute atomic E-state index is 10.9. The second-order valence-electron chi connectivity index (χ2n) is 2.11.